The normalized spacial score (nSPS) is 11.0. The summed E-state index contributed by atoms with van der Waals surface area (Å²) in [6.07, 6.45) is 8.53. The molecule has 4 aromatic rings. The van der Waals surface area contributed by atoms with Crippen LogP contribution < -0.4 is 10.6 Å². The van der Waals surface area contributed by atoms with E-state index < -0.39 is 0 Å². The molecule has 0 aliphatic rings. The summed E-state index contributed by atoms with van der Waals surface area (Å²) in [6.45, 7) is 7.60. The molecule has 0 unspecified atom stereocenters. The lowest BCUT2D eigenvalue weighted by molar-refractivity contribution is -0.111. The van der Waals surface area contributed by atoms with E-state index in [1.165, 1.54) is 6.08 Å². The lowest BCUT2D eigenvalue weighted by atomic mass is 10.1. The number of fused-ring (bicyclic) bond motifs is 1. The second-order valence-electron chi connectivity index (χ2n) is 6.85. The molecule has 3 heterocycles. The Kier molecular flexibility index (Phi) is 4.82. The summed E-state index contributed by atoms with van der Waals surface area (Å²) in [7, 11) is 0. The third-order valence-corrected chi connectivity index (χ3v) is 4.45. The fourth-order valence-electron chi connectivity index (χ4n) is 2.99. The molecule has 29 heavy (non-hydrogen) atoms. The number of anilines is 3. The standard InChI is InChI=1S/C21H21N7O/c1-4-20(29)25-14-5-6-16-17(11-23-19(16)9-14)18-7-8-22-21(27-18)26-15-10-24-28(12-15)13(2)3/h4-13,23H,1H2,2-3H3,(H,25,29)(H,22,26,27). The molecular weight excluding hydrogens is 366 g/mol. The van der Waals surface area contributed by atoms with Crippen molar-refractivity contribution in [3.05, 3.63) is 61.7 Å². The van der Waals surface area contributed by atoms with Gasteiger partial charge in [-0.25, -0.2) is 9.97 Å². The maximum Gasteiger partial charge on any atom is 0.247 e. The molecule has 0 fully saturated rings. The molecule has 0 saturated heterocycles. The molecule has 0 atom stereocenters. The van der Waals surface area contributed by atoms with E-state index in [1.54, 1.807) is 12.4 Å². The van der Waals surface area contributed by atoms with Crippen LogP contribution in [0.3, 0.4) is 0 Å². The molecular formula is C21H21N7O. The van der Waals surface area contributed by atoms with E-state index in [4.69, 9.17) is 0 Å². The van der Waals surface area contributed by atoms with Crippen LogP contribution in [0.4, 0.5) is 17.3 Å². The van der Waals surface area contributed by atoms with Gasteiger partial charge in [0.25, 0.3) is 0 Å². The molecule has 0 bridgehead atoms. The SMILES string of the molecule is C=CC(=O)Nc1ccc2c(-c3ccnc(Nc4cnn(C(C)C)c4)n3)c[nH]c2c1. The van der Waals surface area contributed by atoms with Gasteiger partial charge in [0, 0.05) is 46.8 Å². The lowest BCUT2D eigenvalue weighted by Crippen LogP contribution is -2.06. The number of aromatic amines is 1. The number of carbonyl (C=O) groups is 1. The van der Waals surface area contributed by atoms with Gasteiger partial charge in [0.15, 0.2) is 0 Å². The van der Waals surface area contributed by atoms with Crippen LogP contribution in [0, 0.1) is 0 Å². The molecule has 4 rings (SSSR count). The van der Waals surface area contributed by atoms with Crippen LogP contribution in [0.25, 0.3) is 22.2 Å². The monoisotopic (exact) mass is 387 g/mol. The summed E-state index contributed by atoms with van der Waals surface area (Å²) in [5, 5.41) is 11.3. The Labute approximate surface area is 167 Å². The molecule has 1 amide bonds. The number of nitrogens with zero attached hydrogens (tertiary/aromatic N) is 4. The van der Waals surface area contributed by atoms with E-state index >= 15 is 0 Å². The number of aromatic nitrogens is 5. The minimum absolute atomic E-state index is 0.247. The van der Waals surface area contributed by atoms with Gasteiger partial charge in [-0.3, -0.25) is 9.48 Å². The van der Waals surface area contributed by atoms with Gasteiger partial charge in [0.2, 0.25) is 11.9 Å². The van der Waals surface area contributed by atoms with Crippen LogP contribution in [0.5, 0.6) is 0 Å². The highest BCUT2D eigenvalue weighted by Gasteiger charge is 2.11. The van der Waals surface area contributed by atoms with Crippen molar-refractivity contribution >= 4 is 34.1 Å². The summed E-state index contributed by atoms with van der Waals surface area (Å²) >= 11 is 0. The van der Waals surface area contributed by atoms with Crippen molar-refractivity contribution in [2.45, 2.75) is 19.9 Å². The van der Waals surface area contributed by atoms with E-state index in [-0.39, 0.29) is 11.9 Å². The maximum atomic E-state index is 11.5. The predicted octanol–water partition coefficient (Wildman–Crippen LogP) is 4.27. The summed E-state index contributed by atoms with van der Waals surface area (Å²) in [5.41, 5.74) is 4.16. The first-order valence-electron chi connectivity index (χ1n) is 9.22. The minimum atomic E-state index is -0.247. The zero-order chi connectivity index (χ0) is 20.4. The molecule has 0 saturated carbocycles. The third-order valence-electron chi connectivity index (χ3n) is 4.45. The first-order valence-corrected chi connectivity index (χ1v) is 9.22. The van der Waals surface area contributed by atoms with Crippen molar-refractivity contribution < 1.29 is 4.79 Å². The van der Waals surface area contributed by atoms with Crippen LogP contribution in [0.1, 0.15) is 19.9 Å². The number of H-pyrrole nitrogens is 1. The molecule has 1 aromatic carbocycles. The van der Waals surface area contributed by atoms with E-state index in [9.17, 15) is 4.79 Å². The van der Waals surface area contributed by atoms with E-state index in [0.717, 1.165) is 27.8 Å². The van der Waals surface area contributed by atoms with Crippen LogP contribution in [0.2, 0.25) is 0 Å². The van der Waals surface area contributed by atoms with Crippen molar-refractivity contribution in [1.82, 2.24) is 24.7 Å². The molecule has 0 aliphatic heterocycles. The number of nitrogens with one attached hydrogen (secondary N) is 3. The van der Waals surface area contributed by atoms with Gasteiger partial charge in [-0.05, 0) is 38.1 Å². The quantitative estimate of drug-likeness (QED) is 0.429. The molecule has 146 valence electrons. The molecule has 8 nitrogen and oxygen atoms in total. The minimum Gasteiger partial charge on any atom is -0.360 e. The average molecular weight is 387 g/mol. The number of carbonyl (C=O) groups excluding carboxylic acids is 1. The molecule has 3 N–H and O–H groups in total. The van der Waals surface area contributed by atoms with Crippen LogP contribution in [-0.4, -0.2) is 30.6 Å². The Bertz CT molecular complexity index is 1190. The Morgan fingerprint density at radius 2 is 2.14 bits per heavy atom. The summed E-state index contributed by atoms with van der Waals surface area (Å²) in [5.74, 6) is 0.249. The first kappa shape index (κ1) is 18.4. The van der Waals surface area contributed by atoms with Crippen LogP contribution in [0.15, 0.2) is 61.7 Å². The van der Waals surface area contributed by atoms with E-state index in [1.807, 2.05) is 41.3 Å². The summed E-state index contributed by atoms with van der Waals surface area (Å²) in [4.78, 5) is 23.7. The maximum absolute atomic E-state index is 11.5. The highest BCUT2D eigenvalue weighted by Crippen LogP contribution is 2.29. The number of hydrogen-bond acceptors (Lipinski definition) is 5. The van der Waals surface area contributed by atoms with E-state index in [0.29, 0.717) is 11.6 Å². The van der Waals surface area contributed by atoms with Gasteiger partial charge in [0.1, 0.15) is 0 Å². The molecule has 0 aliphatic carbocycles. The Hall–Kier alpha value is -3.94. The Morgan fingerprint density at radius 1 is 1.28 bits per heavy atom. The molecule has 8 heteroatoms. The zero-order valence-corrected chi connectivity index (χ0v) is 16.2. The highest BCUT2D eigenvalue weighted by atomic mass is 16.1. The average Bonchev–Trinajstić information content (AvgIpc) is 3.35. The fourth-order valence-corrected chi connectivity index (χ4v) is 2.99. The van der Waals surface area contributed by atoms with Gasteiger partial charge >= 0.3 is 0 Å². The molecule has 0 spiro atoms. The largest absolute Gasteiger partial charge is 0.360 e. The number of amides is 1. The second kappa shape index (κ2) is 7.59. The highest BCUT2D eigenvalue weighted by molar-refractivity contribution is 6.02. The molecule has 0 radical (unpaired) electrons. The lowest BCUT2D eigenvalue weighted by Gasteiger charge is -2.06. The van der Waals surface area contributed by atoms with Crippen molar-refractivity contribution in [3.8, 4) is 11.3 Å². The Morgan fingerprint density at radius 3 is 2.90 bits per heavy atom. The number of rotatable bonds is 6. The zero-order valence-electron chi connectivity index (χ0n) is 16.2. The van der Waals surface area contributed by atoms with Gasteiger partial charge in [-0.1, -0.05) is 12.6 Å². The van der Waals surface area contributed by atoms with Crippen molar-refractivity contribution in [2.75, 3.05) is 10.6 Å². The number of benzene rings is 1. The van der Waals surface area contributed by atoms with Crippen LogP contribution >= 0.6 is 0 Å². The fraction of sp³-hybridized carbons (Fsp3) is 0.143. The number of hydrogen-bond donors (Lipinski definition) is 3. The third kappa shape index (κ3) is 3.86. The molecule has 3 aromatic heterocycles. The topological polar surface area (TPSA) is 101 Å². The Balaban J connectivity index is 1.61. The predicted molar refractivity (Wildman–Crippen MR) is 114 cm³/mol. The van der Waals surface area contributed by atoms with Gasteiger partial charge in [0.05, 0.1) is 17.6 Å². The van der Waals surface area contributed by atoms with Crippen molar-refractivity contribution in [1.29, 1.82) is 0 Å². The second-order valence-corrected chi connectivity index (χ2v) is 6.85. The van der Waals surface area contributed by atoms with E-state index in [2.05, 4.69) is 51.1 Å². The smallest absolute Gasteiger partial charge is 0.247 e. The van der Waals surface area contributed by atoms with Crippen LogP contribution in [-0.2, 0) is 4.79 Å². The van der Waals surface area contributed by atoms with Gasteiger partial charge in [-0.15, -0.1) is 0 Å². The first-order chi connectivity index (χ1) is 14.0. The van der Waals surface area contributed by atoms with Crippen molar-refractivity contribution in [2.24, 2.45) is 0 Å². The summed E-state index contributed by atoms with van der Waals surface area (Å²) in [6, 6.07) is 7.81. The summed E-state index contributed by atoms with van der Waals surface area (Å²) < 4.78 is 1.87. The van der Waals surface area contributed by atoms with Crippen molar-refractivity contribution in [3.63, 3.8) is 0 Å². The van der Waals surface area contributed by atoms with Gasteiger partial charge in [-0.2, -0.15) is 5.10 Å². The van der Waals surface area contributed by atoms with Gasteiger partial charge < -0.3 is 15.6 Å².